The minimum atomic E-state index is -1.27. The maximum Gasteiger partial charge on any atom is 0.326 e. The fourth-order valence-corrected chi connectivity index (χ4v) is 4.42. The fraction of sp³-hybridized carbons (Fsp3) is 0.769. The molecule has 0 aromatic rings. The second-order valence-electron chi connectivity index (χ2n) is 9.24. The molecule has 0 rings (SSSR count). The van der Waals surface area contributed by atoms with Gasteiger partial charge in [0.05, 0.1) is 0 Å². The summed E-state index contributed by atoms with van der Waals surface area (Å²) >= 11 is 0.890. The van der Waals surface area contributed by atoms with Gasteiger partial charge in [-0.3, -0.25) is 24.0 Å². The molecule has 0 aromatic carbocycles. The van der Waals surface area contributed by atoms with E-state index in [2.05, 4.69) is 29.8 Å². The summed E-state index contributed by atoms with van der Waals surface area (Å²) < 4.78 is 0. The summed E-state index contributed by atoms with van der Waals surface area (Å²) in [5.74, 6) is -4.41. The molecule has 0 aliphatic heterocycles. The molecule has 0 aliphatic carbocycles. The SMILES string of the molecule is CCCCCCCC(=O)N[C@@H](CCC(=O)N[C@@H](CSC(=O)CCCCCCC)C(=O)NCC(=O)O)C(=O)O. The molecule has 0 aliphatic rings. The molecule has 0 saturated carbocycles. The van der Waals surface area contributed by atoms with Crippen molar-refractivity contribution in [1.29, 1.82) is 0 Å². The van der Waals surface area contributed by atoms with E-state index in [1.165, 1.54) is 0 Å². The first-order chi connectivity index (χ1) is 18.1. The molecule has 0 heterocycles. The van der Waals surface area contributed by atoms with Crippen LogP contribution in [-0.2, 0) is 28.8 Å². The first-order valence-electron chi connectivity index (χ1n) is 13.6. The van der Waals surface area contributed by atoms with Crippen molar-refractivity contribution in [3.05, 3.63) is 0 Å². The Kier molecular flexibility index (Phi) is 20.8. The standard InChI is InChI=1S/C26H45N3O8S/c1-3-5-7-9-11-13-21(30)28-19(26(36)37)15-16-22(31)29-20(25(35)27-17-23(32)33)18-38-24(34)14-12-10-8-6-4-2/h19-20H,3-18H2,1-2H3,(H,27,35)(H,28,30)(H,29,31)(H,32,33)(H,36,37)/t19-,20-/m0/s1. The number of carboxylic acids is 2. The molecule has 0 radical (unpaired) electrons. The highest BCUT2D eigenvalue weighted by Crippen LogP contribution is 2.13. The van der Waals surface area contributed by atoms with Crippen molar-refractivity contribution >= 4 is 46.5 Å². The fourth-order valence-electron chi connectivity index (χ4n) is 3.55. The Morgan fingerprint density at radius 3 is 1.76 bits per heavy atom. The van der Waals surface area contributed by atoms with Crippen LogP contribution in [0.15, 0.2) is 0 Å². The Morgan fingerprint density at radius 1 is 0.684 bits per heavy atom. The minimum absolute atomic E-state index is 0.0812. The average Bonchev–Trinajstić information content (AvgIpc) is 2.86. The smallest absolute Gasteiger partial charge is 0.326 e. The van der Waals surface area contributed by atoms with Gasteiger partial charge in [0, 0.05) is 25.0 Å². The molecule has 218 valence electrons. The summed E-state index contributed by atoms with van der Waals surface area (Å²) in [7, 11) is 0. The molecule has 0 bridgehead atoms. The number of hydrogen-bond donors (Lipinski definition) is 5. The van der Waals surface area contributed by atoms with E-state index in [4.69, 9.17) is 5.11 Å². The van der Waals surface area contributed by atoms with Crippen LogP contribution in [-0.4, -0.2) is 69.4 Å². The van der Waals surface area contributed by atoms with Gasteiger partial charge in [-0.2, -0.15) is 0 Å². The van der Waals surface area contributed by atoms with Crippen LogP contribution in [0.5, 0.6) is 0 Å². The quantitative estimate of drug-likeness (QED) is 0.118. The van der Waals surface area contributed by atoms with Crippen LogP contribution in [0.3, 0.4) is 0 Å². The molecular formula is C26H45N3O8S. The minimum Gasteiger partial charge on any atom is -0.480 e. The topological polar surface area (TPSA) is 179 Å². The lowest BCUT2D eigenvalue weighted by molar-refractivity contribution is -0.142. The number of carboxylic acid groups (broad SMARTS) is 2. The number of unbranched alkanes of at least 4 members (excludes halogenated alkanes) is 8. The molecule has 0 unspecified atom stereocenters. The number of thioether (sulfide) groups is 1. The number of hydrogen-bond acceptors (Lipinski definition) is 7. The van der Waals surface area contributed by atoms with Crippen LogP contribution in [0.4, 0.5) is 0 Å². The highest BCUT2D eigenvalue weighted by Gasteiger charge is 2.25. The maximum atomic E-state index is 12.5. The van der Waals surface area contributed by atoms with Crippen LogP contribution in [0.25, 0.3) is 0 Å². The molecular weight excluding hydrogens is 514 g/mol. The molecule has 5 N–H and O–H groups in total. The van der Waals surface area contributed by atoms with Gasteiger partial charge >= 0.3 is 11.9 Å². The lowest BCUT2D eigenvalue weighted by Gasteiger charge is -2.19. The van der Waals surface area contributed by atoms with E-state index in [0.717, 1.165) is 69.5 Å². The zero-order valence-corrected chi connectivity index (χ0v) is 23.5. The molecule has 0 saturated heterocycles. The number of rotatable bonds is 23. The van der Waals surface area contributed by atoms with Gasteiger partial charge in [0.25, 0.3) is 0 Å². The third-order valence-electron chi connectivity index (χ3n) is 5.76. The summed E-state index contributed by atoms with van der Waals surface area (Å²) in [6.45, 7) is 3.53. The Morgan fingerprint density at radius 2 is 1.21 bits per heavy atom. The monoisotopic (exact) mass is 559 g/mol. The van der Waals surface area contributed by atoms with Crippen molar-refractivity contribution in [3.63, 3.8) is 0 Å². The van der Waals surface area contributed by atoms with E-state index in [0.29, 0.717) is 12.8 Å². The zero-order valence-electron chi connectivity index (χ0n) is 22.7. The lowest BCUT2D eigenvalue weighted by atomic mass is 10.1. The lowest BCUT2D eigenvalue weighted by Crippen LogP contribution is -2.50. The molecule has 11 nitrogen and oxygen atoms in total. The summed E-state index contributed by atoms with van der Waals surface area (Å²) in [4.78, 5) is 71.6. The van der Waals surface area contributed by atoms with Crippen molar-refractivity contribution in [2.75, 3.05) is 12.3 Å². The second kappa shape index (κ2) is 22.4. The Hall–Kier alpha value is -2.63. The van der Waals surface area contributed by atoms with E-state index in [1.807, 2.05) is 0 Å². The zero-order chi connectivity index (χ0) is 28.8. The van der Waals surface area contributed by atoms with Crippen LogP contribution < -0.4 is 16.0 Å². The Labute approximate surface area is 229 Å². The van der Waals surface area contributed by atoms with Crippen molar-refractivity contribution < 1.29 is 39.0 Å². The van der Waals surface area contributed by atoms with E-state index >= 15 is 0 Å². The number of amides is 3. The summed E-state index contributed by atoms with van der Waals surface area (Å²) in [5, 5.41) is 25.2. The summed E-state index contributed by atoms with van der Waals surface area (Å²) in [6.07, 6.45) is 9.67. The van der Waals surface area contributed by atoms with E-state index < -0.39 is 48.3 Å². The first kappa shape index (κ1) is 35.4. The number of carbonyl (C=O) groups excluding carboxylic acids is 4. The second-order valence-corrected chi connectivity index (χ2v) is 10.3. The number of aliphatic carboxylic acids is 2. The molecule has 2 atom stereocenters. The van der Waals surface area contributed by atoms with Gasteiger partial charge in [0.2, 0.25) is 17.7 Å². The predicted octanol–water partition coefficient (Wildman–Crippen LogP) is 3.00. The van der Waals surface area contributed by atoms with Gasteiger partial charge in [0.15, 0.2) is 5.12 Å². The van der Waals surface area contributed by atoms with Crippen LogP contribution >= 0.6 is 11.8 Å². The van der Waals surface area contributed by atoms with Crippen LogP contribution in [0.1, 0.15) is 104 Å². The molecule has 12 heteroatoms. The first-order valence-corrected chi connectivity index (χ1v) is 14.6. The highest BCUT2D eigenvalue weighted by molar-refractivity contribution is 8.13. The van der Waals surface area contributed by atoms with Gasteiger partial charge in [-0.15, -0.1) is 0 Å². The average molecular weight is 560 g/mol. The molecule has 0 aromatic heterocycles. The van der Waals surface area contributed by atoms with E-state index in [9.17, 15) is 33.9 Å². The van der Waals surface area contributed by atoms with Gasteiger partial charge in [-0.05, 0) is 19.3 Å². The normalized spacial score (nSPS) is 12.3. The number of nitrogens with one attached hydrogen (secondary N) is 3. The molecule has 0 fully saturated rings. The maximum absolute atomic E-state index is 12.5. The van der Waals surface area contributed by atoms with Crippen LogP contribution in [0, 0.1) is 0 Å². The highest BCUT2D eigenvalue weighted by atomic mass is 32.2. The van der Waals surface area contributed by atoms with Gasteiger partial charge in [0.1, 0.15) is 18.6 Å². The third kappa shape index (κ3) is 19.5. The molecule has 3 amide bonds. The van der Waals surface area contributed by atoms with E-state index in [1.54, 1.807) is 0 Å². The van der Waals surface area contributed by atoms with Crippen molar-refractivity contribution in [1.82, 2.24) is 16.0 Å². The Bertz CT molecular complexity index is 763. The van der Waals surface area contributed by atoms with Gasteiger partial charge in [-0.1, -0.05) is 77.0 Å². The number of carbonyl (C=O) groups is 6. The molecule has 38 heavy (non-hydrogen) atoms. The van der Waals surface area contributed by atoms with Crippen molar-refractivity contribution in [2.24, 2.45) is 0 Å². The summed E-state index contributed by atoms with van der Waals surface area (Å²) in [5.41, 5.74) is 0. The van der Waals surface area contributed by atoms with Crippen molar-refractivity contribution in [2.45, 2.75) is 116 Å². The van der Waals surface area contributed by atoms with Crippen LogP contribution in [0.2, 0.25) is 0 Å². The van der Waals surface area contributed by atoms with E-state index in [-0.39, 0.29) is 30.1 Å². The third-order valence-corrected chi connectivity index (χ3v) is 6.79. The predicted molar refractivity (Wildman–Crippen MR) is 146 cm³/mol. The van der Waals surface area contributed by atoms with Crippen molar-refractivity contribution in [3.8, 4) is 0 Å². The van der Waals surface area contributed by atoms with Gasteiger partial charge < -0.3 is 26.2 Å². The largest absolute Gasteiger partial charge is 0.480 e. The van der Waals surface area contributed by atoms with Gasteiger partial charge in [-0.25, -0.2) is 4.79 Å². The molecule has 0 spiro atoms. The Balaban J connectivity index is 4.79. The summed E-state index contributed by atoms with van der Waals surface area (Å²) in [6, 6.07) is -2.43.